The lowest BCUT2D eigenvalue weighted by Crippen LogP contribution is -2.50. The molecule has 0 aromatic heterocycles. The van der Waals surface area contributed by atoms with Gasteiger partial charge in [-0.1, -0.05) is 12.1 Å². The van der Waals surface area contributed by atoms with E-state index in [-0.39, 0.29) is 12.2 Å². The van der Waals surface area contributed by atoms with Gasteiger partial charge in [0, 0.05) is 13.5 Å². The van der Waals surface area contributed by atoms with E-state index in [1.165, 1.54) is 7.11 Å². The van der Waals surface area contributed by atoms with Gasteiger partial charge in [-0.2, -0.15) is 0 Å². The second kappa shape index (κ2) is 5.24. The van der Waals surface area contributed by atoms with Crippen LogP contribution in [0.1, 0.15) is 24.8 Å². The number of methoxy groups -OCH3 is 2. The summed E-state index contributed by atoms with van der Waals surface area (Å²) in [6.45, 7) is 0. The molecular formula is C14H19FO3. The Morgan fingerprint density at radius 3 is 2.61 bits per heavy atom. The van der Waals surface area contributed by atoms with Crippen molar-refractivity contribution in [2.75, 3.05) is 14.2 Å². The number of aliphatic hydroxyl groups is 1. The smallest absolute Gasteiger partial charge is 0.168 e. The van der Waals surface area contributed by atoms with Crippen molar-refractivity contribution in [2.24, 2.45) is 0 Å². The van der Waals surface area contributed by atoms with Crippen molar-refractivity contribution < 1.29 is 19.0 Å². The van der Waals surface area contributed by atoms with Crippen molar-refractivity contribution in [3.63, 3.8) is 0 Å². The number of rotatable bonds is 5. The highest BCUT2D eigenvalue weighted by Gasteiger charge is 2.43. The molecule has 1 N–H and O–H groups in total. The lowest BCUT2D eigenvalue weighted by molar-refractivity contribution is -0.148. The van der Waals surface area contributed by atoms with Gasteiger partial charge in [-0.05, 0) is 30.9 Å². The molecule has 1 aromatic rings. The van der Waals surface area contributed by atoms with Crippen LogP contribution < -0.4 is 4.74 Å². The van der Waals surface area contributed by atoms with Crippen molar-refractivity contribution in [2.45, 2.75) is 37.4 Å². The molecule has 0 aliphatic heterocycles. The maximum absolute atomic E-state index is 14.0. The average Bonchev–Trinajstić information content (AvgIpc) is 2.31. The first-order valence-corrected chi connectivity index (χ1v) is 6.17. The SMILES string of the molecule is COc1cccc(CC(O)C2(OC)CCC2)c1F. The zero-order chi connectivity index (χ0) is 13.2. The van der Waals surface area contributed by atoms with Crippen molar-refractivity contribution in [3.8, 4) is 5.75 Å². The Hall–Kier alpha value is -1.13. The summed E-state index contributed by atoms with van der Waals surface area (Å²) in [6, 6.07) is 4.97. The minimum absolute atomic E-state index is 0.208. The van der Waals surface area contributed by atoms with E-state index >= 15 is 0 Å². The van der Waals surface area contributed by atoms with Gasteiger partial charge in [-0.25, -0.2) is 4.39 Å². The zero-order valence-corrected chi connectivity index (χ0v) is 10.8. The molecule has 0 bridgehead atoms. The van der Waals surface area contributed by atoms with Gasteiger partial charge in [0.15, 0.2) is 11.6 Å². The van der Waals surface area contributed by atoms with Gasteiger partial charge in [-0.3, -0.25) is 0 Å². The van der Waals surface area contributed by atoms with Gasteiger partial charge < -0.3 is 14.6 Å². The standard InChI is InChI=1S/C14H19FO3/c1-17-11-6-3-5-10(13(11)15)9-12(16)14(18-2)7-4-8-14/h3,5-6,12,16H,4,7-9H2,1-2H3. The van der Waals surface area contributed by atoms with Crippen LogP contribution in [0, 0.1) is 5.82 Å². The fourth-order valence-electron chi connectivity index (χ4n) is 2.46. The van der Waals surface area contributed by atoms with Crippen LogP contribution >= 0.6 is 0 Å². The summed E-state index contributed by atoms with van der Waals surface area (Å²) in [5, 5.41) is 10.2. The van der Waals surface area contributed by atoms with Crippen LogP contribution in [0.25, 0.3) is 0 Å². The number of halogens is 1. The molecule has 0 saturated heterocycles. The second-order valence-corrected chi connectivity index (χ2v) is 4.78. The fourth-order valence-corrected chi connectivity index (χ4v) is 2.46. The van der Waals surface area contributed by atoms with Crippen LogP contribution in [0.3, 0.4) is 0 Å². The fraction of sp³-hybridized carbons (Fsp3) is 0.571. The quantitative estimate of drug-likeness (QED) is 0.876. The van der Waals surface area contributed by atoms with Crippen LogP contribution in [0.5, 0.6) is 5.75 Å². The monoisotopic (exact) mass is 254 g/mol. The van der Waals surface area contributed by atoms with Gasteiger partial charge in [0.25, 0.3) is 0 Å². The summed E-state index contributed by atoms with van der Waals surface area (Å²) in [6.07, 6.45) is 2.27. The van der Waals surface area contributed by atoms with E-state index in [0.717, 1.165) is 19.3 Å². The highest BCUT2D eigenvalue weighted by molar-refractivity contribution is 5.31. The van der Waals surface area contributed by atoms with E-state index in [4.69, 9.17) is 9.47 Å². The molecule has 1 unspecified atom stereocenters. The molecule has 0 amide bonds. The molecule has 2 rings (SSSR count). The number of aliphatic hydroxyl groups excluding tert-OH is 1. The maximum Gasteiger partial charge on any atom is 0.168 e. The Labute approximate surface area is 107 Å². The average molecular weight is 254 g/mol. The van der Waals surface area contributed by atoms with Crippen molar-refractivity contribution in [1.82, 2.24) is 0 Å². The largest absolute Gasteiger partial charge is 0.494 e. The molecule has 0 spiro atoms. The van der Waals surface area contributed by atoms with Crippen molar-refractivity contribution in [3.05, 3.63) is 29.6 Å². The first-order valence-electron chi connectivity index (χ1n) is 6.17. The number of benzene rings is 1. The summed E-state index contributed by atoms with van der Waals surface area (Å²) in [5.41, 5.74) is -0.0274. The molecule has 0 radical (unpaired) electrons. The van der Waals surface area contributed by atoms with Crippen molar-refractivity contribution in [1.29, 1.82) is 0 Å². The molecule has 1 aliphatic carbocycles. The molecule has 1 fully saturated rings. The first-order chi connectivity index (χ1) is 8.63. The summed E-state index contributed by atoms with van der Waals surface area (Å²) >= 11 is 0. The Kier molecular flexibility index (Phi) is 3.88. The summed E-state index contributed by atoms with van der Waals surface area (Å²) in [7, 11) is 3.03. The molecule has 100 valence electrons. The Morgan fingerprint density at radius 1 is 1.39 bits per heavy atom. The molecule has 3 nitrogen and oxygen atoms in total. The van der Waals surface area contributed by atoms with Gasteiger partial charge in [0.1, 0.15) is 0 Å². The molecule has 1 aromatic carbocycles. The van der Waals surface area contributed by atoms with Gasteiger partial charge in [0.05, 0.1) is 18.8 Å². The minimum Gasteiger partial charge on any atom is -0.494 e. The third kappa shape index (κ3) is 2.22. The molecule has 1 atom stereocenters. The third-order valence-electron chi connectivity index (χ3n) is 3.89. The van der Waals surface area contributed by atoms with E-state index in [1.807, 2.05) is 0 Å². The molecule has 4 heteroatoms. The maximum atomic E-state index is 14.0. The lowest BCUT2D eigenvalue weighted by Gasteiger charge is -2.44. The predicted octanol–water partition coefficient (Wildman–Crippen LogP) is 2.31. The van der Waals surface area contributed by atoms with E-state index in [1.54, 1.807) is 25.3 Å². The summed E-state index contributed by atoms with van der Waals surface area (Å²) < 4.78 is 24.3. The van der Waals surface area contributed by atoms with Crippen LogP contribution in [-0.4, -0.2) is 31.0 Å². The lowest BCUT2D eigenvalue weighted by atomic mass is 9.74. The molecule has 0 heterocycles. The second-order valence-electron chi connectivity index (χ2n) is 4.78. The minimum atomic E-state index is -0.683. The third-order valence-corrected chi connectivity index (χ3v) is 3.89. The van der Waals surface area contributed by atoms with Crippen LogP contribution in [0.15, 0.2) is 18.2 Å². The normalized spacial score (nSPS) is 19.1. The topological polar surface area (TPSA) is 38.7 Å². The van der Waals surface area contributed by atoms with E-state index in [9.17, 15) is 9.50 Å². The summed E-state index contributed by atoms with van der Waals surface area (Å²) in [5.74, 6) is -0.190. The number of ether oxygens (including phenoxy) is 2. The van der Waals surface area contributed by atoms with E-state index < -0.39 is 17.5 Å². The molecule has 1 saturated carbocycles. The van der Waals surface area contributed by atoms with Crippen LogP contribution in [0.4, 0.5) is 4.39 Å². The van der Waals surface area contributed by atoms with Crippen LogP contribution in [0.2, 0.25) is 0 Å². The zero-order valence-electron chi connectivity index (χ0n) is 10.8. The molecular weight excluding hydrogens is 235 g/mol. The van der Waals surface area contributed by atoms with Gasteiger partial charge in [0.2, 0.25) is 0 Å². The highest BCUT2D eigenvalue weighted by Crippen LogP contribution is 2.39. The Bertz CT molecular complexity index is 410. The highest BCUT2D eigenvalue weighted by atomic mass is 19.1. The number of hydrogen-bond donors (Lipinski definition) is 1. The Morgan fingerprint density at radius 2 is 2.11 bits per heavy atom. The predicted molar refractivity (Wildman–Crippen MR) is 66.3 cm³/mol. The van der Waals surface area contributed by atoms with Gasteiger partial charge in [-0.15, -0.1) is 0 Å². The van der Waals surface area contributed by atoms with Gasteiger partial charge >= 0.3 is 0 Å². The van der Waals surface area contributed by atoms with E-state index in [2.05, 4.69) is 0 Å². The van der Waals surface area contributed by atoms with Crippen LogP contribution in [-0.2, 0) is 11.2 Å². The molecule has 18 heavy (non-hydrogen) atoms. The van der Waals surface area contributed by atoms with E-state index in [0.29, 0.717) is 5.56 Å². The summed E-state index contributed by atoms with van der Waals surface area (Å²) in [4.78, 5) is 0. The molecule has 1 aliphatic rings. The number of hydrogen-bond acceptors (Lipinski definition) is 3. The van der Waals surface area contributed by atoms with Crippen molar-refractivity contribution >= 4 is 0 Å². The Balaban J connectivity index is 2.14. The first kappa shape index (κ1) is 13.3.